The number of rotatable bonds is 5. The van der Waals surface area contributed by atoms with Crippen LogP contribution in [0.5, 0.6) is 0 Å². The molecule has 1 aromatic heterocycles. The molecule has 3 rings (SSSR count). The Hall–Kier alpha value is -2.17. The normalized spacial score (nSPS) is 14.2. The van der Waals surface area contributed by atoms with Crippen LogP contribution in [0.4, 0.5) is 5.82 Å². The third-order valence-electron chi connectivity index (χ3n) is 3.39. The highest BCUT2D eigenvalue weighted by molar-refractivity contribution is 5.91. The van der Waals surface area contributed by atoms with Crippen molar-refractivity contribution in [2.45, 2.75) is 25.8 Å². The molecular formula is C15H17N3O2. The zero-order chi connectivity index (χ0) is 13.9. The Labute approximate surface area is 117 Å². The molecule has 0 unspecified atom stereocenters. The number of esters is 1. The van der Waals surface area contributed by atoms with E-state index in [2.05, 4.69) is 9.97 Å². The maximum atomic E-state index is 11.8. The van der Waals surface area contributed by atoms with Crippen LogP contribution in [0.15, 0.2) is 30.6 Å². The van der Waals surface area contributed by atoms with E-state index < -0.39 is 0 Å². The van der Waals surface area contributed by atoms with E-state index in [9.17, 15) is 4.79 Å². The maximum absolute atomic E-state index is 11.8. The van der Waals surface area contributed by atoms with Gasteiger partial charge in [0.25, 0.3) is 0 Å². The molecule has 0 amide bonds. The van der Waals surface area contributed by atoms with Crippen LogP contribution in [0.1, 0.15) is 19.8 Å². The molecule has 1 aliphatic carbocycles. The van der Waals surface area contributed by atoms with Gasteiger partial charge in [0, 0.05) is 11.4 Å². The van der Waals surface area contributed by atoms with E-state index >= 15 is 0 Å². The lowest BCUT2D eigenvalue weighted by molar-refractivity contribution is -0.141. The number of carbonyl (C=O) groups is 1. The van der Waals surface area contributed by atoms with Crippen LogP contribution < -0.4 is 4.90 Å². The van der Waals surface area contributed by atoms with Crippen molar-refractivity contribution in [2.24, 2.45) is 0 Å². The monoisotopic (exact) mass is 271 g/mol. The highest BCUT2D eigenvalue weighted by Crippen LogP contribution is 2.33. The molecule has 0 spiro atoms. The van der Waals surface area contributed by atoms with Gasteiger partial charge in [-0.3, -0.25) is 4.79 Å². The number of para-hydroxylation sites is 1. The van der Waals surface area contributed by atoms with Crippen molar-refractivity contribution in [3.05, 3.63) is 30.6 Å². The summed E-state index contributed by atoms with van der Waals surface area (Å²) in [5, 5.41) is 0.978. The van der Waals surface area contributed by atoms with Gasteiger partial charge >= 0.3 is 5.97 Å². The average molecular weight is 271 g/mol. The van der Waals surface area contributed by atoms with Crippen molar-refractivity contribution in [3.63, 3.8) is 0 Å². The highest BCUT2D eigenvalue weighted by Gasteiger charge is 2.32. The van der Waals surface area contributed by atoms with Gasteiger partial charge in [0.1, 0.15) is 18.7 Å². The minimum Gasteiger partial charge on any atom is -0.465 e. The van der Waals surface area contributed by atoms with E-state index in [0.29, 0.717) is 12.6 Å². The number of anilines is 1. The van der Waals surface area contributed by atoms with Gasteiger partial charge in [-0.25, -0.2) is 9.97 Å². The number of aromatic nitrogens is 2. The molecule has 1 aliphatic rings. The molecule has 1 fully saturated rings. The van der Waals surface area contributed by atoms with Gasteiger partial charge in [0.2, 0.25) is 0 Å². The quantitative estimate of drug-likeness (QED) is 0.780. The molecule has 0 aliphatic heterocycles. The van der Waals surface area contributed by atoms with Crippen LogP contribution in [-0.2, 0) is 9.53 Å². The standard InChI is InChI=1S/C15H17N3O2/c1-2-20-14(19)9-18(11-7-8-11)15-12-5-3-4-6-13(12)16-10-17-15/h3-6,10-11H,2,7-9H2,1H3. The van der Waals surface area contributed by atoms with E-state index in [1.54, 1.807) is 6.33 Å². The van der Waals surface area contributed by atoms with Crippen LogP contribution in [0.2, 0.25) is 0 Å². The molecule has 5 nitrogen and oxygen atoms in total. The fourth-order valence-corrected chi connectivity index (χ4v) is 2.33. The summed E-state index contributed by atoms with van der Waals surface area (Å²) in [5.41, 5.74) is 0.895. The molecule has 1 heterocycles. The Morgan fingerprint density at radius 1 is 1.35 bits per heavy atom. The number of carbonyl (C=O) groups excluding carboxylic acids is 1. The number of benzene rings is 1. The van der Waals surface area contributed by atoms with Gasteiger partial charge in [-0.05, 0) is 31.9 Å². The van der Waals surface area contributed by atoms with Crippen LogP contribution >= 0.6 is 0 Å². The largest absolute Gasteiger partial charge is 0.465 e. The summed E-state index contributed by atoms with van der Waals surface area (Å²) in [7, 11) is 0. The lowest BCUT2D eigenvalue weighted by Crippen LogP contribution is -2.33. The second-order valence-corrected chi connectivity index (χ2v) is 4.88. The average Bonchev–Trinajstić information content (AvgIpc) is 3.29. The van der Waals surface area contributed by atoms with Gasteiger partial charge in [-0.2, -0.15) is 0 Å². The van der Waals surface area contributed by atoms with Crippen molar-refractivity contribution < 1.29 is 9.53 Å². The topological polar surface area (TPSA) is 55.3 Å². The molecule has 104 valence electrons. The Bertz CT molecular complexity index is 620. The van der Waals surface area contributed by atoms with E-state index in [0.717, 1.165) is 29.6 Å². The smallest absolute Gasteiger partial charge is 0.325 e. The van der Waals surface area contributed by atoms with Gasteiger partial charge < -0.3 is 9.64 Å². The van der Waals surface area contributed by atoms with Crippen LogP contribution in [0, 0.1) is 0 Å². The molecule has 1 aromatic carbocycles. The third-order valence-corrected chi connectivity index (χ3v) is 3.39. The Balaban J connectivity index is 1.95. The summed E-state index contributed by atoms with van der Waals surface area (Å²) in [6.45, 7) is 2.47. The van der Waals surface area contributed by atoms with Gasteiger partial charge in [0.05, 0.1) is 12.1 Å². The van der Waals surface area contributed by atoms with Crippen molar-refractivity contribution >= 4 is 22.7 Å². The summed E-state index contributed by atoms with van der Waals surface area (Å²) in [4.78, 5) is 22.5. The molecule has 2 aromatic rings. The zero-order valence-electron chi connectivity index (χ0n) is 11.5. The SMILES string of the molecule is CCOC(=O)CN(c1ncnc2ccccc12)C1CC1. The number of nitrogens with zero attached hydrogens (tertiary/aromatic N) is 3. The van der Waals surface area contributed by atoms with Crippen molar-refractivity contribution in [1.29, 1.82) is 0 Å². The first-order valence-corrected chi connectivity index (χ1v) is 6.91. The zero-order valence-corrected chi connectivity index (χ0v) is 11.5. The third kappa shape index (κ3) is 2.57. The summed E-state index contributed by atoms with van der Waals surface area (Å²) in [5.74, 6) is 0.619. The van der Waals surface area contributed by atoms with Gasteiger partial charge in [0.15, 0.2) is 0 Å². The number of fused-ring (bicyclic) bond motifs is 1. The summed E-state index contributed by atoms with van der Waals surface area (Å²) < 4.78 is 5.06. The Kier molecular flexibility index (Phi) is 3.50. The minimum atomic E-state index is -0.206. The van der Waals surface area contributed by atoms with E-state index in [1.165, 1.54) is 0 Å². The fraction of sp³-hybridized carbons (Fsp3) is 0.400. The first-order valence-electron chi connectivity index (χ1n) is 6.91. The highest BCUT2D eigenvalue weighted by atomic mass is 16.5. The minimum absolute atomic E-state index is 0.206. The van der Waals surface area contributed by atoms with Crippen LogP contribution in [-0.4, -0.2) is 35.1 Å². The second kappa shape index (κ2) is 5.45. The maximum Gasteiger partial charge on any atom is 0.325 e. The van der Waals surface area contributed by atoms with Crippen LogP contribution in [0.3, 0.4) is 0 Å². The molecule has 0 atom stereocenters. The molecular weight excluding hydrogens is 254 g/mol. The molecule has 5 heteroatoms. The van der Waals surface area contributed by atoms with E-state index in [-0.39, 0.29) is 12.5 Å². The number of ether oxygens (including phenoxy) is 1. The molecule has 0 radical (unpaired) electrons. The van der Waals surface area contributed by atoms with Crippen molar-refractivity contribution in [1.82, 2.24) is 9.97 Å². The molecule has 0 N–H and O–H groups in total. The molecule has 20 heavy (non-hydrogen) atoms. The Morgan fingerprint density at radius 2 is 2.15 bits per heavy atom. The predicted molar refractivity (Wildman–Crippen MR) is 76.5 cm³/mol. The first-order chi connectivity index (χ1) is 9.79. The van der Waals surface area contributed by atoms with E-state index in [4.69, 9.17) is 4.74 Å². The lowest BCUT2D eigenvalue weighted by atomic mass is 10.2. The Morgan fingerprint density at radius 3 is 2.90 bits per heavy atom. The second-order valence-electron chi connectivity index (χ2n) is 4.88. The van der Waals surface area contributed by atoms with Crippen molar-refractivity contribution in [3.8, 4) is 0 Å². The van der Waals surface area contributed by atoms with Crippen LogP contribution in [0.25, 0.3) is 10.9 Å². The van der Waals surface area contributed by atoms with Gasteiger partial charge in [-0.15, -0.1) is 0 Å². The number of hydrogen-bond donors (Lipinski definition) is 0. The van der Waals surface area contributed by atoms with E-state index in [1.807, 2.05) is 36.1 Å². The summed E-state index contributed by atoms with van der Waals surface area (Å²) in [6.07, 6.45) is 3.74. The first kappa shape index (κ1) is 12.8. The fourth-order valence-electron chi connectivity index (χ4n) is 2.33. The lowest BCUT2D eigenvalue weighted by Gasteiger charge is -2.23. The number of hydrogen-bond acceptors (Lipinski definition) is 5. The summed E-state index contributed by atoms with van der Waals surface area (Å²) in [6, 6.07) is 8.25. The van der Waals surface area contributed by atoms with Gasteiger partial charge in [-0.1, -0.05) is 12.1 Å². The predicted octanol–water partition coefficient (Wildman–Crippen LogP) is 2.16. The summed E-state index contributed by atoms with van der Waals surface area (Å²) >= 11 is 0. The molecule has 0 saturated heterocycles. The molecule has 0 bridgehead atoms. The molecule has 1 saturated carbocycles. The van der Waals surface area contributed by atoms with Crippen molar-refractivity contribution in [2.75, 3.05) is 18.1 Å².